The molecular formula is C16H18ClNS. The molecule has 1 unspecified atom stereocenters. The normalized spacial score (nSPS) is 15.9. The Morgan fingerprint density at radius 2 is 1.89 bits per heavy atom. The molecule has 0 saturated carbocycles. The zero-order chi connectivity index (χ0) is 13.2. The highest BCUT2D eigenvalue weighted by atomic mass is 35.5. The Morgan fingerprint density at radius 3 is 2.63 bits per heavy atom. The molecule has 0 bridgehead atoms. The van der Waals surface area contributed by atoms with Gasteiger partial charge >= 0.3 is 0 Å². The average molecular weight is 292 g/mol. The van der Waals surface area contributed by atoms with Gasteiger partial charge < -0.3 is 5.32 Å². The molecule has 1 N–H and O–H groups in total. The molecule has 3 heteroatoms. The lowest BCUT2D eigenvalue weighted by Crippen LogP contribution is -2.04. The fourth-order valence-electron chi connectivity index (χ4n) is 2.59. The summed E-state index contributed by atoms with van der Waals surface area (Å²) in [5.41, 5.74) is 2.71. The summed E-state index contributed by atoms with van der Waals surface area (Å²) in [5.74, 6) is 0. The SMILES string of the molecule is CC(Nc1ccc(Cl)cc1)c1cc2c(s1)CCCC2. The van der Waals surface area contributed by atoms with Crippen LogP contribution in [0, 0.1) is 0 Å². The van der Waals surface area contributed by atoms with Crippen LogP contribution in [-0.4, -0.2) is 0 Å². The number of thiophene rings is 1. The van der Waals surface area contributed by atoms with Gasteiger partial charge in [-0.15, -0.1) is 11.3 Å². The number of fused-ring (bicyclic) bond motifs is 1. The minimum absolute atomic E-state index is 0.358. The van der Waals surface area contributed by atoms with Crippen molar-refractivity contribution >= 4 is 28.6 Å². The number of hydrogen-bond donors (Lipinski definition) is 1. The van der Waals surface area contributed by atoms with Crippen molar-refractivity contribution in [1.29, 1.82) is 0 Å². The summed E-state index contributed by atoms with van der Waals surface area (Å²) in [6.07, 6.45) is 5.24. The largest absolute Gasteiger partial charge is 0.378 e. The van der Waals surface area contributed by atoms with Crippen LogP contribution in [0.1, 0.15) is 41.1 Å². The lowest BCUT2D eigenvalue weighted by Gasteiger charge is -2.13. The summed E-state index contributed by atoms with van der Waals surface area (Å²) in [6.45, 7) is 2.23. The summed E-state index contributed by atoms with van der Waals surface area (Å²) in [5, 5.41) is 4.33. The lowest BCUT2D eigenvalue weighted by atomic mass is 9.99. The highest BCUT2D eigenvalue weighted by Crippen LogP contribution is 2.34. The van der Waals surface area contributed by atoms with Crippen molar-refractivity contribution in [2.75, 3.05) is 5.32 Å². The molecular weight excluding hydrogens is 274 g/mol. The Labute approximate surface area is 123 Å². The summed E-state index contributed by atoms with van der Waals surface area (Å²) in [4.78, 5) is 3.05. The molecule has 0 amide bonds. The van der Waals surface area contributed by atoms with Gasteiger partial charge in [0.2, 0.25) is 0 Å². The van der Waals surface area contributed by atoms with Crippen LogP contribution in [-0.2, 0) is 12.8 Å². The van der Waals surface area contributed by atoms with Crippen molar-refractivity contribution in [3.63, 3.8) is 0 Å². The molecule has 0 saturated heterocycles. The van der Waals surface area contributed by atoms with E-state index in [1.165, 1.54) is 30.6 Å². The molecule has 1 aromatic heterocycles. The Kier molecular flexibility index (Phi) is 3.81. The number of hydrogen-bond acceptors (Lipinski definition) is 2. The van der Waals surface area contributed by atoms with E-state index in [0.717, 1.165) is 10.7 Å². The van der Waals surface area contributed by atoms with E-state index in [0.29, 0.717) is 6.04 Å². The van der Waals surface area contributed by atoms with Crippen molar-refractivity contribution in [2.45, 2.75) is 38.6 Å². The van der Waals surface area contributed by atoms with Gasteiger partial charge in [0.1, 0.15) is 0 Å². The van der Waals surface area contributed by atoms with Gasteiger partial charge in [-0.1, -0.05) is 11.6 Å². The number of nitrogens with one attached hydrogen (secondary N) is 1. The molecule has 1 atom stereocenters. The Hall–Kier alpha value is -0.990. The second-order valence-corrected chi connectivity index (χ2v) is 6.78. The fraction of sp³-hybridized carbons (Fsp3) is 0.375. The first kappa shape index (κ1) is 13.0. The van der Waals surface area contributed by atoms with Crippen LogP contribution in [0.25, 0.3) is 0 Å². The lowest BCUT2D eigenvalue weighted by molar-refractivity contribution is 0.696. The van der Waals surface area contributed by atoms with Crippen LogP contribution in [0.15, 0.2) is 30.3 Å². The molecule has 1 heterocycles. The molecule has 1 aliphatic rings. The van der Waals surface area contributed by atoms with Gasteiger partial charge in [-0.3, -0.25) is 0 Å². The molecule has 1 aliphatic carbocycles. The Bertz CT molecular complexity index is 535. The van der Waals surface area contributed by atoms with Gasteiger partial charge in [-0.2, -0.15) is 0 Å². The Balaban J connectivity index is 1.74. The molecule has 0 spiro atoms. The fourth-order valence-corrected chi connectivity index (χ4v) is 3.98. The van der Waals surface area contributed by atoms with E-state index in [1.54, 1.807) is 10.4 Å². The van der Waals surface area contributed by atoms with Crippen molar-refractivity contribution in [3.05, 3.63) is 50.7 Å². The third kappa shape index (κ3) is 2.96. The van der Waals surface area contributed by atoms with Gasteiger partial charge in [0.15, 0.2) is 0 Å². The standard InChI is InChI=1S/C16H18ClNS/c1-11(18-14-8-6-13(17)7-9-14)16-10-12-4-2-3-5-15(12)19-16/h6-11,18H,2-5H2,1H3. The first-order chi connectivity index (χ1) is 9.22. The van der Waals surface area contributed by atoms with E-state index in [9.17, 15) is 0 Å². The van der Waals surface area contributed by atoms with Crippen molar-refractivity contribution < 1.29 is 0 Å². The van der Waals surface area contributed by atoms with Gasteiger partial charge in [0.25, 0.3) is 0 Å². The van der Waals surface area contributed by atoms with Gasteiger partial charge in [-0.05, 0) is 68.5 Å². The second kappa shape index (κ2) is 5.56. The van der Waals surface area contributed by atoms with Crippen LogP contribution in [0.2, 0.25) is 5.02 Å². The van der Waals surface area contributed by atoms with Crippen molar-refractivity contribution in [1.82, 2.24) is 0 Å². The second-order valence-electron chi connectivity index (χ2n) is 5.18. The maximum absolute atomic E-state index is 5.91. The van der Waals surface area contributed by atoms with Crippen LogP contribution in [0.4, 0.5) is 5.69 Å². The van der Waals surface area contributed by atoms with E-state index in [1.807, 2.05) is 35.6 Å². The van der Waals surface area contributed by atoms with Crippen LogP contribution in [0.3, 0.4) is 0 Å². The minimum atomic E-state index is 0.358. The van der Waals surface area contributed by atoms with Crippen molar-refractivity contribution in [3.8, 4) is 0 Å². The predicted octanol–water partition coefficient (Wildman–Crippen LogP) is 5.45. The average Bonchev–Trinajstić information content (AvgIpc) is 2.85. The first-order valence-corrected chi connectivity index (χ1v) is 8.05. The number of halogens is 1. The minimum Gasteiger partial charge on any atom is -0.378 e. The number of rotatable bonds is 3. The molecule has 2 aromatic rings. The highest BCUT2D eigenvalue weighted by molar-refractivity contribution is 7.12. The number of aryl methyl sites for hydroxylation is 2. The van der Waals surface area contributed by atoms with Crippen LogP contribution >= 0.6 is 22.9 Å². The van der Waals surface area contributed by atoms with E-state index >= 15 is 0 Å². The smallest absolute Gasteiger partial charge is 0.0578 e. The van der Waals surface area contributed by atoms with E-state index in [2.05, 4.69) is 18.3 Å². The summed E-state index contributed by atoms with van der Waals surface area (Å²) >= 11 is 7.89. The molecule has 3 rings (SSSR count). The predicted molar refractivity (Wildman–Crippen MR) is 84.5 cm³/mol. The molecule has 1 aromatic carbocycles. The summed E-state index contributed by atoms with van der Waals surface area (Å²) in [7, 11) is 0. The molecule has 0 radical (unpaired) electrons. The molecule has 0 fully saturated rings. The number of benzene rings is 1. The van der Waals surface area contributed by atoms with Crippen LogP contribution in [0.5, 0.6) is 0 Å². The van der Waals surface area contributed by atoms with Gasteiger partial charge in [0.05, 0.1) is 6.04 Å². The molecule has 1 nitrogen and oxygen atoms in total. The number of anilines is 1. The summed E-state index contributed by atoms with van der Waals surface area (Å²) in [6, 6.07) is 10.7. The molecule has 19 heavy (non-hydrogen) atoms. The summed E-state index contributed by atoms with van der Waals surface area (Å²) < 4.78 is 0. The van der Waals surface area contributed by atoms with E-state index in [4.69, 9.17) is 11.6 Å². The van der Waals surface area contributed by atoms with Crippen molar-refractivity contribution in [2.24, 2.45) is 0 Å². The zero-order valence-corrected chi connectivity index (χ0v) is 12.7. The monoisotopic (exact) mass is 291 g/mol. The third-order valence-electron chi connectivity index (χ3n) is 3.67. The Morgan fingerprint density at radius 1 is 1.16 bits per heavy atom. The maximum atomic E-state index is 5.91. The van der Waals surface area contributed by atoms with Gasteiger partial charge in [0, 0.05) is 20.5 Å². The maximum Gasteiger partial charge on any atom is 0.0578 e. The van der Waals surface area contributed by atoms with Gasteiger partial charge in [-0.25, -0.2) is 0 Å². The molecule has 0 aliphatic heterocycles. The third-order valence-corrected chi connectivity index (χ3v) is 5.34. The van der Waals surface area contributed by atoms with E-state index in [-0.39, 0.29) is 0 Å². The van der Waals surface area contributed by atoms with E-state index < -0.39 is 0 Å². The quantitative estimate of drug-likeness (QED) is 0.792. The van der Waals surface area contributed by atoms with Crippen LogP contribution < -0.4 is 5.32 Å². The zero-order valence-electron chi connectivity index (χ0n) is 11.1. The molecule has 100 valence electrons. The first-order valence-electron chi connectivity index (χ1n) is 6.86. The topological polar surface area (TPSA) is 12.0 Å². The highest BCUT2D eigenvalue weighted by Gasteiger charge is 2.16.